The number of fused-ring (bicyclic) bond motifs is 1. The van der Waals surface area contributed by atoms with Gasteiger partial charge in [-0.2, -0.15) is 5.10 Å². The van der Waals surface area contributed by atoms with Crippen LogP contribution in [0.2, 0.25) is 0 Å². The Bertz CT molecular complexity index is 302. The Balaban J connectivity index is 2.42. The van der Waals surface area contributed by atoms with E-state index in [2.05, 4.69) is 43.1 Å². The Morgan fingerprint density at radius 2 is 2.45 bits per heavy atom. The lowest BCUT2D eigenvalue weighted by Crippen LogP contribution is -2.37. The van der Waals surface area contributed by atoms with Gasteiger partial charge in [0.25, 0.3) is 0 Å². The first-order chi connectivity index (χ1) is 5.29. The summed E-state index contributed by atoms with van der Waals surface area (Å²) in [5, 5.41) is 11.3. The third-order valence-electron chi connectivity index (χ3n) is 1.44. The van der Waals surface area contributed by atoms with Crippen molar-refractivity contribution in [3.63, 3.8) is 0 Å². The fourth-order valence-corrected chi connectivity index (χ4v) is 1.49. The van der Waals surface area contributed by atoms with Gasteiger partial charge in [-0.15, -0.1) is 0 Å². The van der Waals surface area contributed by atoms with E-state index in [9.17, 15) is 0 Å². The standard InChI is InChI=1S/C5H4IN5/c6-4-2-3(10-11-4)5(7)9-1-8-2/h1,3,7,10H. The van der Waals surface area contributed by atoms with E-state index >= 15 is 0 Å². The lowest BCUT2D eigenvalue weighted by Gasteiger charge is -2.10. The number of hydrogen-bond donors (Lipinski definition) is 2. The lowest BCUT2D eigenvalue weighted by molar-refractivity contribution is 0.796. The van der Waals surface area contributed by atoms with Crippen LogP contribution in [-0.4, -0.2) is 27.6 Å². The zero-order chi connectivity index (χ0) is 7.84. The molecule has 2 aliphatic rings. The van der Waals surface area contributed by atoms with Gasteiger partial charge in [0.2, 0.25) is 0 Å². The van der Waals surface area contributed by atoms with Crippen LogP contribution in [0.1, 0.15) is 0 Å². The highest BCUT2D eigenvalue weighted by atomic mass is 127. The Morgan fingerprint density at radius 1 is 1.64 bits per heavy atom. The van der Waals surface area contributed by atoms with E-state index in [0.29, 0.717) is 0 Å². The van der Waals surface area contributed by atoms with Crippen molar-refractivity contribution in [2.45, 2.75) is 6.04 Å². The molecule has 5 nitrogen and oxygen atoms in total. The average molecular weight is 261 g/mol. The number of nitrogens with zero attached hydrogens (tertiary/aromatic N) is 3. The molecule has 2 aliphatic heterocycles. The van der Waals surface area contributed by atoms with Crippen LogP contribution in [0.25, 0.3) is 0 Å². The lowest BCUT2D eigenvalue weighted by atomic mass is 10.2. The van der Waals surface area contributed by atoms with E-state index in [1.165, 1.54) is 6.34 Å². The molecule has 0 saturated carbocycles. The predicted octanol–water partition coefficient (Wildman–Crippen LogP) is 0.167. The van der Waals surface area contributed by atoms with Crippen molar-refractivity contribution in [2.24, 2.45) is 15.1 Å². The quantitative estimate of drug-likeness (QED) is 0.599. The maximum atomic E-state index is 7.39. The molecule has 0 amide bonds. The number of halogens is 1. The number of nitrogens with one attached hydrogen (secondary N) is 2. The molecular formula is C5H4IN5. The van der Waals surface area contributed by atoms with Crippen molar-refractivity contribution in [2.75, 3.05) is 0 Å². The fourth-order valence-electron chi connectivity index (χ4n) is 0.905. The molecule has 1 unspecified atom stereocenters. The van der Waals surface area contributed by atoms with Crippen molar-refractivity contribution in [1.82, 2.24) is 5.43 Å². The normalized spacial score (nSPS) is 27.4. The summed E-state index contributed by atoms with van der Waals surface area (Å²) < 4.78 is 0.809. The van der Waals surface area contributed by atoms with E-state index in [1.807, 2.05) is 0 Å². The van der Waals surface area contributed by atoms with Crippen LogP contribution in [0.3, 0.4) is 0 Å². The minimum Gasteiger partial charge on any atom is -0.292 e. The first kappa shape index (κ1) is 6.89. The van der Waals surface area contributed by atoms with E-state index in [1.54, 1.807) is 0 Å². The largest absolute Gasteiger partial charge is 0.292 e. The summed E-state index contributed by atoms with van der Waals surface area (Å²) in [6.07, 6.45) is 1.38. The first-order valence-corrected chi connectivity index (χ1v) is 4.04. The zero-order valence-corrected chi connectivity index (χ0v) is 7.53. The molecule has 0 aromatic heterocycles. The van der Waals surface area contributed by atoms with Crippen molar-refractivity contribution >= 4 is 44.2 Å². The van der Waals surface area contributed by atoms with Crippen LogP contribution in [0.15, 0.2) is 15.1 Å². The number of hydrogen-bond acceptors (Lipinski definition) is 4. The van der Waals surface area contributed by atoms with Gasteiger partial charge in [0, 0.05) is 0 Å². The van der Waals surface area contributed by atoms with Crippen molar-refractivity contribution < 1.29 is 0 Å². The summed E-state index contributed by atoms with van der Waals surface area (Å²) >= 11 is 2.07. The van der Waals surface area contributed by atoms with Gasteiger partial charge in [-0.25, -0.2) is 9.98 Å². The van der Waals surface area contributed by atoms with E-state index < -0.39 is 0 Å². The van der Waals surface area contributed by atoms with Gasteiger partial charge in [0.15, 0.2) is 5.84 Å². The van der Waals surface area contributed by atoms with Gasteiger partial charge in [-0.1, -0.05) is 0 Å². The molecule has 11 heavy (non-hydrogen) atoms. The van der Waals surface area contributed by atoms with Gasteiger partial charge >= 0.3 is 0 Å². The maximum Gasteiger partial charge on any atom is 0.152 e. The number of amidine groups is 1. The van der Waals surface area contributed by atoms with E-state index in [4.69, 9.17) is 5.41 Å². The molecule has 0 spiro atoms. The Kier molecular flexibility index (Phi) is 1.48. The molecule has 0 radical (unpaired) electrons. The van der Waals surface area contributed by atoms with E-state index in [0.717, 1.165) is 9.43 Å². The maximum absolute atomic E-state index is 7.39. The Hall–Kier alpha value is -0.790. The topological polar surface area (TPSA) is 73.0 Å². The van der Waals surface area contributed by atoms with Crippen LogP contribution in [0, 0.1) is 5.41 Å². The molecule has 0 fully saturated rings. The molecule has 0 aliphatic carbocycles. The van der Waals surface area contributed by atoms with Crippen LogP contribution in [0.5, 0.6) is 0 Å². The monoisotopic (exact) mass is 261 g/mol. The highest BCUT2D eigenvalue weighted by molar-refractivity contribution is 14.1. The summed E-state index contributed by atoms with van der Waals surface area (Å²) in [7, 11) is 0. The SMILES string of the molecule is N=C1N=CN=C2C(I)=NNC12. The third kappa shape index (κ3) is 0.971. The molecule has 0 aromatic carbocycles. The molecule has 2 rings (SSSR count). The fraction of sp³-hybridized carbons (Fsp3) is 0.200. The predicted molar refractivity (Wildman–Crippen MR) is 52.0 cm³/mol. The second-order valence-electron chi connectivity index (χ2n) is 2.11. The Labute approximate surface area is 76.3 Å². The molecule has 2 N–H and O–H groups in total. The second kappa shape index (κ2) is 2.36. The van der Waals surface area contributed by atoms with Crippen LogP contribution in [-0.2, 0) is 0 Å². The second-order valence-corrected chi connectivity index (χ2v) is 3.13. The third-order valence-corrected chi connectivity index (χ3v) is 2.24. The molecule has 0 saturated heterocycles. The smallest absolute Gasteiger partial charge is 0.152 e. The molecule has 0 bridgehead atoms. The summed E-state index contributed by atoms with van der Waals surface area (Å²) in [4.78, 5) is 7.74. The number of aliphatic imine (C=N–C) groups is 2. The van der Waals surface area contributed by atoms with Gasteiger partial charge in [0.1, 0.15) is 21.8 Å². The zero-order valence-electron chi connectivity index (χ0n) is 5.37. The highest BCUT2D eigenvalue weighted by Crippen LogP contribution is 2.10. The molecule has 6 heteroatoms. The molecule has 2 heterocycles. The highest BCUT2D eigenvalue weighted by Gasteiger charge is 2.30. The van der Waals surface area contributed by atoms with Crippen LogP contribution in [0.4, 0.5) is 0 Å². The van der Waals surface area contributed by atoms with Crippen LogP contribution < -0.4 is 5.43 Å². The summed E-state index contributed by atoms with van der Waals surface area (Å²) in [5.74, 6) is 0.269. The summed E-state index contributed by atoms with van der Waals surface area (Å²) in [6.45, 7) is 0. The van der Waals surface area contributed by atoms with Crippen molar-refractivity contribution in [1.29, 1.82) is 5.41 Å². The molecular weight excluding hydrogens is 257 g/mol. The minimum atomic E-state index is -0.216. The van der Waals surface area contributed by atoms with Crippen LogP contribution >= 0.6 is 22.6 Å². The van der Waals surface area contributed by atoms with Gasteiger partial charge in [-0.3, -0.25) is 10.8 Å². The number of hydrazone groups is 1. The molecule has 1 atom stereocenters. The van der Waals surface area contributed by atoms with Gasteiger partial charge in [-0.05, 0) is 22.6 Å². The van der Waals surface area contributed by atoms with Gasteiger partial charge in [0.05, 0.1) is 0 Å². The first-order valence-electron chi connectivity index (χ1n) is 2.97. The molecule has 56 valence electrons. The minimum absolute atomic E-state index is 0.216. The number of rotatable bonds is 0. The molecule has 0 aromatic rings. The average Bonchev–Trinajstić information content (AvgIpc) is 2.35. The summed E-state index contributed by atoms with van der Waals surface area (Å²) in [5.41, 5.74) is 3.57. The summed E-state index contributed by atoms with van der Waals surface area (Å²) in [6, 6.07) is -0.216. The van der Waals surface area contributed by atoms with E-state index in [-0.39, 0.29) is 11.9 Å². The van der Waals surface area contributed by atoms with Crippen molar-refractivity contribution in [3.05, 3.63) is 0 Å². The van der Waals surface area contributed by atoms with Crippen molar-refractivity contribution in [3.8, 4) is 0 Å². The van der Waals surface area contributed by atoms with Gasteiger partial charge < -0.3 is 0 Å². The Morgan fingerprint density at radius 3 is 3.18 bits per heavy atom.